The van der Waals surface area contributed by atoms with E-state index in [0.29, 0.717) is 12.5 Å². The van der Waals surface area contributed by atoms with Crippen molar-refractivity contribution in [3.8, 4) is 0 Å². The van der Waals surface area contributed by atoms with Crippen LogP contribution in [0.2, 0.25) is 0 Å². The fourth-order valence-electron chi connectivity index (χ4n) is 5.29. The third kappa shape index (κ3) is 1.97. The predicted molar refractivity (Wildman–Crippen MR) is 71.9 cm³/mol. The lowest BCUT2D eigenvalue weighted by atomic mass is 9.49. The minimum absolute atomic E-state index is 0.00160. The minimum atomic E-state index is -0.00160. The summed E-state index contributed by atoms with van der Waals surface area (Å²) in [6.07, 6.45) is 7.64. The molecule has 1 unspecified atom stereocenters. The molecule has 0 saturated heterocycles. The van der Waals surface area contributed by atoms with Gasteiger partial charge in [-0.3, -0.25) is 4.79 Å². The number of nitrogens with two attached hydrogens (primary N) is 1. The Labute approximate surface area is 110 Å². The quantitative estimate of drug-likeness (QED) is 0.833. The first-order chi connectivity index (χ1) is 8.48. The second-order valence-corrected chi connectivity index (χ2v) is 7.36. The highest BCUT2D eigenvalue weighted by Gasteiger charge is 2.55. The van der Waals surface area contributed by atoms with Crippen LogP contribution in [0.25, 0.3) is 0 Å². The van der Waals surface area contributed by atoms with E-state index in [0.717, 1.165) is 37.0 Å². The van der Waals surface area contributed by atoms with Crippen LogP contribution in [0.1, 0.15) is 45.4 Å². The molecule has 0 aromatic heterocycles. The molecule has 102 valence electrons. The number of nitrogens with zero attached hydrogens (tertiary/aromatic N) is 1. The van der Waals surface area contributed by atoms with Gasteiger partial charge < -0.3 is 10.6 Å². The van der Waals surface area contributed by atoms with Crippen LogP contribution in [-0.4, -0.2) is 30.4 Å². The molecule has 0 aliphatic heterocycles. The van der Waals surface area contributed by atoms with Crippen LogP contribution in [0.4, 0.5) is 0 Å². The van der Waals surface area contributed by atoms with E-state index in [1.807, 2.05) is 18.9 Å². The summed E-state index contributed by atoms with van der Waals surface area (Å²) in [5.74, 6) is 2.90. The van der Waals surface area contributed by atoms with Crippen LogP contribution in [0.3, 0.4) is 0 Å². The Morgan fingerprint density at radius 3 is 2.06 bits per heavy atom. The Morgan fingerprint density at radius 1 is 1.22 bits per heavy atom. The molecule has 0 radical (unpaired) electrons. The maximum atomic E-state index is 12.8. The summed E-state index contributed by atoms with van der Waals surface area (Å²) in [4.78, 5) is 14.7. The number of rotatable bonds is 3. The molecular weight excluding hydrogens is 224 g/mol. The number of hydrogen-bond acceptors (Lipinski definition) is 2. The summed E-state index contributed by atoms with van der Waals surface area (Å²) in [5, 5.41) is 0. The average molecular weight is 250 g/mol. The van der Waals surface area contributed by atoms with E-state index in [2.05, 4.69) is 0 Å². The van der Waals surface area contributed by atoms with E-state index in [-0.39, 0.29) is 11.5 Å². The largest absolute Gasteiger partial charge is 0.344 e. The summed E-state index contributed by atoms with van der Waals surface area (Å²) in [6.45, 7) is 2.67. The van der Waals surface area contributed by atoms with Crippen LogP contribution >= 0.6 is 0 Å². The molecule has 0 aromatic rings. The molecule has 4 bridgehead atoms. The Hall–Kier alpha value is -0.570. The number of amides is 1. The minimum Gasteiger partial charge on any atom is -0.344 e. The first-order valence-electron chi connectivity index (χ1n) is 7.49. The number of carbonyl (C=O) groups is 1. The zero-order chi connectivity index (χ0) is 12.9. The summed E-state index contributed by atoms with van der Waals surface area (Å²) < 4.78 is 0. The van der Waals surface area contributed by atoms with Crippen LogP contribution in [0.5, 0.6) is 0 Å². The first kappa shape index (κ1) is 12.5. The molecule has 4 aliphatic rings. The Balaban J connectivity index is 1.76. The Kier molecular flexibility index (Phi) is 2.92. The van der Waals surface area contributed by atoms with Crippen molar-refractivity contribution in [2.24, 2.45) is 28.9 Å². The van der Waals surface area contributed by atoms with Crippen LogP contribution in [0, 0.1) is 23.2 Å². The van der Waals surface area contributed by atoms with Gasteiger partial charge in [0.2, 0.25) is 5.91 Å². The van der Waals surface area contributed by atoms with Crippen molar-refractivity contribution in [1.82, 2.24) is 4.90 Å². The second-order valence-electron chi connectivity index (χ2n) is 7.36. The molecular formula is C15H26N2O. The number of carbonyl (C=O) groups excluding carboxylic acids is 1. The topological polar surface area (TPSA) is 46.3 Å². The molecule has 0 heterocycles. The Morgan fingerprint density at radius 2 is 1.67 bits per heavy atom. The molecule has 1 amide bonds. The standard InChI is InChI=1S/C15H26N2O/c1-10(16)9-17(2)14(18)15-6-11-3-12(7-15)5-13(4-11)8-15/h10-13H,3-9,16H2,1-2H3. The zero-order valence-electron chi connectivity index (χ0n) is 11.7. The van der Waals surface area contributed by atoms with E-state index in [9.17, 15) is 4.79 Å². The van der Waals surface area contributed by atoms with E-state index in [1.165, 1.54) is 19.3 Å². The molecule has 3 heteroatoms. The van der Waals surface area contributed by atoms with Crippen LogP contribution in [-0.2, 0) is 4.79 Å². The predicted octanol–water partition coefficient (Wildman–Crippen LogP) is 2.01. The molecule has 0 aromatic carbocycles. The normalized spacial score (nSPS) is 42.9. The summed E-state index contributed by atoms with van der Waals surface area (Å²) in [7, 11) is 1.93. The van der Waals surface area contributed by atoms with Gasteiger partial charge in [0.15, 0.2) is 0 Å². The van der Waals surface area contributed by atoms with Gasteiger partial charge in [-0.15, -0.1) is 0 Å². The van der Waals surface area contributed by atoms with Gasteiger partial charge >= 0.3 is 0 Å². The van der Waals surface area contributed by atoms with Crippen LogP contribution in [0.15, 0.2) is 0 Å². The van der Waals surface area contributed by atoms with Gasteiger partial charge in [-0.25, -0.2) is 0 Å². The third-order valence-electron chi connectivity index (χ3n) is 5.40. The molecule has 4 rings (SSSR count). The van der Waals surface area contributed by atoms with Gasteiger partial charge in [-0.05, 0) is 63.2 Å². The lowest BCUT2D eigenvalue weighted by Gasteiger charge is -2.56. The van der Waals surface area contributed by atoms with Crippen molar-refractivity contribution in [1.29, 1.82) is 0 Å². The highest BCUT2D eigenvalue weighted by atomic mass is 16.2. The molecule has 4 fully saturated rings. The molecule has 3 nitrogen and oxygen atoms in total. The first-order valence-corrected chi connectivity index (χ1v) is 7.49. The summed E-state index contributed by atoms with van der Waals surface area (Å²) in [6, 6.07) is 0.0767. The fraction of sp³-hybridized carbons (Fsp3) is 0.933. The van der Waals surface area contributed by atoms with Crippen molar-refractivity contribution in [3.05, 3.63) is 0 Å². The zero-order valence-corrected chi connectivity index (χ0v) is 11.7. The molecule has 18 heavy (non-hydrogen) atoms. The van der Waals surface area contributed by atoms with Crippen molar-refractivity contribution >= 4 is 5.91 Å². The maximum Gasteiger partial charge on any atom is 0.228 e. The number of likely N-dealkylation sites (N-methyl/N-ethyl adjacent to an activating group) is 1. The van der Waals surface area contributed by atoms with E-state index >= 15 is 0 Å². The van der Waals surface area contributed by atoms with Gasteiger partial charge in [0.25, 0.3) is 0 Å². The van der Waals surface area contributed by atoms with Gasteiger partial charge in [0.05, 0.1) is 5.41 Å². The lowest BCUT2D eigenvalue weighted by molar-refractivity contribution is -0.156. The van der Waals surface area contributed by atoms with Crippen molar-refractivity contribution in [3.63, 3.8) is 0 Å². The Bertz CT molecular complexity index is 315. The summed E-state index contributed by atoms with van der Waals surface area (Å²) in [5.41, 5.74) is 5.83. The third-order valence-corrected chi connectivity index (χ3v) is 5.40. The van der Waals surface area contributed by atoms with Crippen LogP contribution < -0.4 is 5.73 Å². The second kappa shape index (κ2) is 4.22. The van der Waals surface area contributed by atoms with E-state index in [4.69, 9.17) is 5.73 Å². The molecule has 4 saturated carbocycles. The van der Waals surface area contributed by atoms with Gasteiger partial charge in [0.1, 0.15) is 0 Å². The molecule has 4 aliphatic carbocycles. The maximum absolute atomic E-state index is 12.8. The summed E-state index contributed by atoms with van der Waals surface area (Å²) >= 11 is 0. The van der Waals surface area contributed by atoms with Crippen molar-refractivity contribution in [2.45, 2.75) is 51.5 Å². The average Bonchev–Trinajstić information content (AvgIpc) is 2.25. The van der Waals surface area contributed by atoms with Gasteiger partial charge in [-0.1, -0.05) is 0 Å². The van der Waals surface area contributed by atoms with E-state index in [1.54, 1.807) is 0 Å². The van der Waals surface area contributed by atoms with Gasteiger partial charge in [0, 0.05) is 19.6 Å². The highest BCUT2D eigenvalue weighted by molar-refractivity contribution is 5.83. The highest BCUT2D eigenvalue weighted by Crippen LogP contribution is 2.60. The van der Waals surface area contributed by atoms with E-state index < -0.39 is 0 Å². The monoisotopic (exact) mass is 250 g/mol. The van der Waals surface area contributed by atoms with Crippen molar-refractivity contribution in [2.75, 3.05) is 13.6 Å². The van der Waals surface area contributed by atoms with Crippen molar-refractivity contribution < 1.29 is 4.79 Å². The lowest BCUT2D eigenvalue weighted by Crippen LogP contribution is -2.55. The van der Waals surface area contributed by atoms with Gasteiger partial charge in [-0.2, -0.15) is 0 Å². The molecule has 1 atom stereocenters. The molecule has 0 spiro atoms. The SMILES string of the molecule is CC(N)CN(C)C(=O)C12CC3CC(CC(C3)C1)C2. The molecule has 2 N–H and O–H groups in total. The number of hydrogen-bond donors (Lipinski definition) is 1. The smallest absolute Gasteiger partial charge is 0.228 e. The fourth-order valence-corrected chi connectivity index (χ4v) is 5.29.